The molecule has 0 saturated carbocycles. The Bertz CT molecular complexity index is 1310. The predicted octanol–water partition coefficient (Wildman–Crippen LogP) is 2.94. The predicted molar refractivity (Wildman–Crippen MR) is 130 cm³/mol. The van der Waals surface area contributed by atoms with Crippen molar-refractivity contribution in [3.63, 3.8) is 0 Å². The molecule has 2 saturated heterocycles. The van der Waals surface area contributed by atoms with Gasteiger partial charge >= 0.3 is 6.09 Å². The molecule has 6 rings (SSSR count). The third-order valence-electron chi connectivity index (χ3n) is 6.87. The van der Waals surface area contributed by atoms with Crippen LogP contribution in [0.4, 0.5) is 15.0 Å². The fourth-order valence-corrected chi connectivity index (χ4v) is 5.74. The highest BCUT2D eigenvalue weighted by molar-refractivity contribution is 7.99. The third-order valence-corrected chi connectivity index (χ3v) is 7.84. The van der Waals surface area contributed by atoms with Crippen molar-refractivity contribution in [2.45, 2.75) is 23.8 Å². The van der Waals surface area contributed by atoms with E-state index >= 15 is 0 Å². The summed E-state index contributed by atoms with van der Waals surface area (Å²) in [5, 5.41) is 8.34. The fraction of sp³-hybridized carbons (Fsp3) is 0.458. The van der Waals surface area contributed by atoms with Gasteiger partial charge < -0.3 is 14.2 Å². The van der Waals surface area contributed by atoms with Gasteiger partial charge in [0.1, 0.15) is 11.9 Å². The van der Waals surface area contributed by atoms with E-state index < -0.39 is 6.09 Å². The van der Waals surface area contributed by atoms with Crippen LogP contribution >= 0.6 is 11.8 Å². The normalized spacial score (nSPS) is 21.9. The number of carbonyl (C=O) groups is 1. The van der Waals surface area contributed by atoms with Crippen molar-refractivity contribution in [3.8, 4) is 11.8 Å². The second-order valence-electron chi connectivity index (χ2n) is 9.01. The number of aromatic nitrogens is 4. The Morgan fingerprint density at radius 1 is 1.28 bits per heavy atom. The van der Waals surface area contributed by atoms with Gasteiger partial charge in [0.15, 0.2) is 5.82 Å². The largest absolute Gasteiger partial charge is 0.481 e. The van der Waals surface area contributed by atoms with E-state index in [1.165, 1.54) is 13.3 Å². The van der Waals surface area contributed by atoms with Gasteiger partial charge in [-0.2, -0.15) is 0 Å². The molecule has 2 atom stereocenters. The molecule has 36 heavy (non-hydrogen) atoms. The number of nitrogens with zero attached hydrogens (tertiary/aromatic N) is 6. The average Bonchev–Trinajstić information content (AvgIpc) is 2.91. The number of halogens is 1. The molecule has 1 amide bonds. The number of fused-ring (bicyclic) bond motifs is 3. The van der Waals surface area contributed by atoms with Crippen molar-refractivity contribution in [2.24, 2.45) is 5.92 Å². The second-order valence-corrected chi connectivity index (χ2v) is 10.1. The number of ether oxygens (including phenoxy) is 3. The molecular weight excluding hydrogens is 487 g/mol. The lowest BCUT2D eigenvalue weighted by Crippen LogP contribution is -2.56. The highest BCUT2D eigenvalue weighted by Crippen LogP contribution is 2.35. The summed E-state index contributed by atoms with van der Waals surface area (Å²) < 4.78 is 31.2. The van der Waals surface area contributed by atoms with Gasteiger partial charge in [-0.25, -0.2) is 14.2 Å². The maximum absolute atomic E-state index is 14.7. The summed E-state index contributed by atoms with van der Waals surface area (Å²) in [4.78, 5) is 26.1. The summed E-state index contributed by atoms with van der Waals surface area (Å²) in [6, 6.07) is 5.34. The molecule has 3 aliphatic heterocycles. The Kier molecular flexibility index (Phi) is 6.22. The van der Waals surface area contributed by atoms with Crippen molar-refractivity contribution in [1.29, 1.82) is 0 Å². The monoisotopic (exact) mass is 512 g/mol. The first-order chi connectivity index (χ1) is 17.6. The molecule has 0 aliphatic carbocycles. The van der Waals surface area contributed by atoms with E-state index in [9.17, 15) is 9.18 Å². The number of pyridine rings is 2. The number of anilines is 1. The number of amides is 1. The van der Waals surface area contributed by atoms with Crippen LogP contribution in [0.2, 0.25) is 0 Å². The lowest BCUT2D eigenvalue weighted by atomic mass is 9.91. The molecule has 6 heterocycles. The second kappa shape index (κ2) is 9.66. The first-order valence-electron chi connectivity index (χ1n) is 11.9. The number of carbonyl (C=O) groups excluding carboxylic acids is 1. The zero-order chi connectivity index (χ0) is 24.6. The summed E-state index contributed by atoms with van der Waals surface area (Å²) in [5.74, 6) is 2.06. The van der Waals surface area contributed by atoms with E-state index in [0.717, 1.165) is 23.6 Å². The molecule has 3 aromatic heterocycles. The SMILES string of the molecule is COc1ccc2ncc(F)c(CCN3CC[C@@H]4CN(c5cc6c(nn5)OCCS6)C(=O)OC4C3)c2n1. The maximum atomic E-state index is 14.7. The van der Waals surface area contributed by atoms with Crippen LogP contribution < -0.4 is 14.4 Å². The highest BCUT2D eigenvalue weighted by atomic mass is 32.2. The number of thioether (sulfide) groups is 1. The van der Waals surface area contributed by atoms with Gasteiger partial charge in [0.2, 0.25) is 11.8 Å². The third kappa shape index (κ3) is 4.39. The number of hydrogen-bond donors (Lipinski definition) is 0. The van der Waals surface area contributed by atoms with E-state index in [2.05, 4.69) is 25.1 Å². The summed E-state index contributed by atoms with van der Waals surface area (Å²) in [6.07, 6.45) is 1.92. The zero-order valence-electron chi connectivity index (χ0n) is 19.7. The van der Waals surface area contributed by atoms with E-state index in [4.69, 9.17) is 14.2 Å². The number of hydrogen-bond acceptors (Lipinski definition) is 10. The van der Waals surface area contributed by atoms with Gasteiger partial charge in [-0.15, -0.1) is 22.0 Å². The number of methoxy groups -OCH3 is 1. The van der Waals surface area contributed by atoms with Crippen molar-refractivity contribution in [3.05, 3.63) is 35.8 Å². The quantitative estimate of drug-likeness (QED) is 0.507. The Hall–Kier alpha value is -3.25. The standard InChI is InChI=1S/C24H25FN6O4S/c1-33-21-3-2-17-22(27-21)15(16(25)11-26-17)5-7-30-6-4-14-12-31(24(32)35-18(14)13-30)20-10-19-23(29-28-20)34-8-9-36-19/h2-3,10-11,14,18H,4-9,12-13H2,1H3/t14-,18?/m1/s1. The van der Waals surface area contributed by atoms with Gasteiger partial charge in [-0.3, -0.25) is 14.8 Å². The fourth-order valence-electron chi connectivity index (χ4n) is 4.94. The molecular formula is C24H25FN6O4S. The van der Waals surface area contributed by atoms with Gasteiger partial charge in [-0.05, 0) is 25.5 Å². The van der Waals surface area contributed by atoms with Crippen LogP contribution in [-0.4, -0.2) is 82.9 Å². The molecule has 0 spiro atoms. The molecule has 12 heteroatoms. The first-order valence-corrected chi connectivity index (χ1v) is 12.9. The van der Waals surface area contributed by atoms with Crippen LogP contribution in [-0.2, 0) is 11.2 Å². The minimum absolute atomic E-state index is 0.185. The van der Waals surface area contributed by atoms with Crippen LogP contribution in [0.1, 0.15) is 12.0 Å². The first kappa shape index (κ1) is 23.2. The molecule has 0 radical (unpaired) electrons. The average molecular weight is 513 g/mol. The van der Waals surface area contributed by atoms with Gasteiger partial charge in [0, 0.05) is 49.0 Å². The molecule has 0 aromatic carbocycles. The molecule has 1 unspecified atom stereocenters. The lowest BCUT2D eigenvalue weighted by molar-refractivity contribution is -0.00671. The van der Waals surface area contributed by atoms with E-state index in [1.54, 1.807) is 28.8 Å². The Morgan fingerprint density at radius 2 is 2.19 bits per heavy atom. The van der Waals surface area contributed by atoms with Crippen molar-refractivity contribution < 1.29 is 23.4 Å². The van der Waals surface area contributed by atoms with Crippen LogP contribution in [0.5, 0.6) is 11.8 Å². The zero-order valence-corrected chi connectivity index (χ0v) is 20.5. The number of likely N-dealkylation sites (tertiary alicyclic amines) is 1. The van der Waals surface area contributed by atoms with Crippen LogP contribution in [0.3, 0.4) is 0 Å². The Balaban J connectivity index is 1.12. The number of rotatable bonds is 5. The van der Waals surface area contributed by atoms with Gasteiger partial charge in [0.25, 0.3) is 0 Å². The molecule has 3 aliphatic rings. The van der Waals surface area contributed by atoms with E-state index in [1.807, 2.05) is 6.07 Å². The molecule has 188 valence electrons. The molecule has 0 N–H and O–H groups in total. The van der Waals surface area contributed by atoms with E-state index in [-0.39, 0.29) is 17.8 Å². The molecule has 2 fully saturated rings. The minimum atomic E-state index is -0.420. The maximum Gasteiger partial charge on any atom is 0.415 e. The smallest absolute Gasteiger partial charge is 0.415 e. The van der Waals surface area contributed by atoms with Crippen molar-refractivity contribution in [1.82, 2.24) is 25.1 Å². The van der Waals surface area contributed by atoms with Crippen molar-refractivity contribution in [2.75, 3.05) is 50.5 Å². The summed E-state index contributed by atoms with van der Waals surface area (Å²) in [5.41, 5.74) is 1.65. The summed E-state index contributed by atoms with van der Waals surface area (Å²) >= 11 is 1.64. The topological polar surface area (TPSA) is 103 Å². The molecule has 3 aromatic rings. The van der Waals surface area contributed by atoms with Gasteiger partial charge in [0.05, 0.1) is 35.8 Å². The van der Waals surface area contributed by atoms with Crippen LogP contribution in [0.25, 0.3) is 11.0 Å². The van der Waals surface area contributed by atoms with Gasteiger partial charge in [-0.1, -0.05) is 0 Å². The van der Waals surface area contributed by atoms with E-state index in [0.29, 0.717) is 66.8 Å². The Morgan fingerprint density at radius 3 is 3.08 bits per heavy atom. The Labute approximate surface area is 211 Å². The summed E-state index contributed by atoms with van der Waals surface area (Å²) in [7, 11) is 1.53. The van der Waals surface area contributed by atoms with Crippen LogP contribution in [0.15, 0.2) is 29.3 Å². The molecule has 10 nitrogen and oxygen atoms in total. The molecule has 0 bridgehead atoms. The minimum Gasteiger partial charge on any atom is -0.481 e. The number of piperidine rings is 1. The van der Waals surface area contributed by atoms with Crippen molar-refractivity contribution >= 4 is 34.7 Å². The van der Waals surface area contributed by atoms with Crippen LogP contribution in [0, 0.1) is 11.7 Å². The highest BCUT2D eigenvalue weighted by Gasteiger charge is 2.40. The lowest BCUT2D eigenvalue weighted by Gasteiger charge is -2.43. The summed E-state index contributed by atoms with van der Waals surface area (Å²) in [6.45, 7) is 3.18.